The number of hydrogen-bond acceptors (Lipinski definition) is 3. The third kappa shape index (κ3) is 4.37. The molecule has 1 unspecified atom stereocenters. The first kappa shape index (κ1) is 18.7. The van der Waals surface area contributed by atoms with Crippen molar-refractivity contribution in [1.29, 1.82) is 0 Å². The Kier molecular flexibility index (Phi) is 5.60. The van der Waals surface area contributed by atoms with Crippen molar-refractivity contribution < 1.29 is 9.59 Å². The molecule has 1 aromatic heterocycles. The molecule has 3 rings (SSSR count). The summed E-state index contributed by atoms with van der Waals surface area (Å²) in [6.45, 7) is 6.86. The number of amides is 2. The molecule has 0 saturated carbocycles. The predicted octanol–water partition coefficient (Wildman–Crippen LogP) is 2.44. The first-order chi connectivity index (χ1) is 13.0. The zero-order chi connectivity index (χ0) is 19.4. The van der Waals surface area contributed by atoms with Gasteiger partial charge in [0.25, 0.3) is 11.8 Å². The topological polar surface area (TPSA) is 78.1 Å². The molecule has 0 spiro atoms. The van der Waals surface area contributed by atoms with Crippen molar-refractivity contribution in [2.45, 2.75) is 39.7 Å². The van der Waals surface area contributed by atoms with Gasteiger partial charge in [0.1, 0.15) is 5.69 Å². The summed E-state index contributed by atoms with van der Waals surface area (Å²) in [5, 5.41) is 10.1. The number of benzene rings is 1. The van der Waals surface area contributed by atoms with Gasteiger partial charge in [0.15, 0.2) is 0 Å². The first-order valence-electron chi connectivity index (χ1n) is 9.13. The predicted molar refractivity (Wildman–Crippen MR) is 104 cm³/mol. The first-order valence-corrected chi connectivity index (χ1v) is 9.13. The van der Waals surface area contributed by atoms with Crippen molar-refractivity contribution >= 4 is 11.8 Å². The van der Waals surface area contributed by atoms with E-state index in [9.17, 15) is 9.59 Å². The molecule has 27 heavy (non-hydrogen) atoms. The Morgan fingerprint density at radius 3 is 2.85 bits per heavy atom. The van der Waals surface area contributed by atoms with E-state index in [1.165, 1.54) is 5.56 Å². The van der Waals surface area contributed by atoms with Crippen molar-refractivity contribution in [1.82, 2.24) is 20.4 Å². The summed E-state index contributed by atoms with van der Waals surface area (Å²) >= 11 is 0. The molecule has 140 valence electrons. The molecule has 1 aromatic carbocycles. The second-order valence-electron chi connectivity index (χ2n) is 6.92. The minimum absolute atomic E-state index is 0.0715. The number of nitrogens with zero attached hydrogens (tertiary/aromatic N) is 2. The van der Waals surface area contributed by atoms with E-state index in [1.54, 1.807) is 17.9 Å². The van der Waals surface area contributed by atoms with Gasteiger partial charge in [0, 0.05) is 24.7 Å². The van der Waals surface area contributed by atoms with Crippen molar-refractivity contribution in [2.75, 3.05) is 13.1 Å². The van der Waals surface area contributed by atoms with Gasteiger partial charge < -0.3 is 10.2 Å². The van der Waals surface area contributed by atoms with Gasteiger partial charge in [-0.1, -0.05) is 29.7 Å². The van der Waals surface area contributed by atoms with Crippen LogP contribution in [-0.4, -0.2) is 46.0 Å². The van der Waals surface area contributed by atoms with Gasteiger partial charge >= 0.3 is 0 Å². The lowest BCUT2D eigenvalue weighted by Gasteiger charge is -2.32. The van der Waals surface area contributed by atoms with Crippen molar-refractivity contribution in [3.05, 3.63) is 41.1 Å². The number of aryl methyl sites for hydroxylation is 2. The smallest absolute Gasteiger partial charge is 0.296 e. The van der Waals surface area contributed by atoms with E-state index in [2.05, 4.69) is 33.4 Å². The number of hydrogen-bond donors (Lipinski definition) is 2. The van der Waals surface area contributed by atoms with Crippen molar-refractivity contribution in [3.8, 4) is 23.1 Å². The van der Waals surface area contributed by atoms with E-state index < -0.39 is 0 Å². The highest BCUT2D eigenvalue weighted by molar-refractivity contribution is 5.94. The van der Waals surface area contributed by atoms with E-state index in [0.717, 1.165) is 29.7 Å². The van der Waals surface area contributed by atoms with Gasteiger partial charge in [-0.2, -0.15) is 5.10 Å². The molecule has 1 aliphatic heterocycles. The summed E-state index contributed by atoms with van der Waals surface area (Å²) in [5.74, 6) is 4.67. The van der Waals surface area contributed by atoms with E-state index in [4.69, 9.17) is 0 Å². The second kappa shape index (κ2) is 8.09. The van der Waals surface area contributed by atoms with Crippen LogP contribution in [0.15, 0.2) is 24.3 Å². The fraction of sp³-hybridized carbons (Fsp3) is 0.381. The molecule has 6 nitrogen and oxygen atoms in total. The molecular formula is C21H24N4O2. The van der Waals surface area contributed by atoms with Gasteiger partial charge in [-0.05, 0) is 51.2 Å². The van der Waals surface area contributed by atoms with Gasteiger partial charge in [-0.15, -0.1) is 0 Å². The van der Waals surface area contributed by atoms with E-state index in [0.29, 0.717) is 18.8 Å². The van der Waals surface area contributed by atoms with Crippen LogP contribution in [0.25, 0.3) is 11.3 Å². The second-order valence-corrected chi connectivity index (χ2v) is 6.92. The highest BCUT2D eigenvalue weighted by Gasteiger charge is 2.26. The Labute approximate surface area is 159 Å². The van der Waals surface area contributed by atoms with Crippen LogP contribution < -0.4 is 5.32 Å². The van der Waals surface area contributed by atoms with E-state index in [-0.39, 0.29) is 17.9 Å². The van der Waals surface area contributed by atoms with E-state index in [1.807, 2.05) is 26.0 Å². The average Bonchev–Trinajstić information content (AvgIpc) is 3.11. The Morgan fingerprint density at radius 1 is 1.30 bits per heavy atom. The summed E-state index contributed by atoms with van der Waals surface area (Å²) in [7, 11) is 0. The summed E-state index contributed by atoms with van der Waals surface area (Å²) in [6.07, 6.45) is 1.69. The molecule has 2 amide bonds. The van der Waals surface area contributed by atoms with Crippen LogP contribution in [0.1, 0.15) is 41.4 Å². The van der Waals surface area contributed by atoms with Gasteiger partial charge in [0.2, 0.25) is 0 Å². The summed E-state index contributed by atoms with van der Waals surface area (Å²) in [4.78, 5) is 26.3. The quantitative estimate of drug-likeness (QED) is 0.821. The molecule has 1 aliphatic rings. The normalized spacial score (nSPS) is 16.4. The van der Waals surface area contributed by atoms with Crippen molar-refractivity contribution in [3.63, 3.8) is 0 Å². The summed E-state index contributed by atoms with van der Waals surface area (Å²) < 4.78 is 0. The zero-order valence-electron chi connectivity index (χ0n) is 15.9. The van der Waals surface area contributed by atoms with Crippen LogP contribution in [-0.2, 0) is 4.79 Å². The molecule has 0 aliphatic carbocycles. The molecule has 2 N–H and O–H groups in total. The highest BCUT2D eigenvalue weighted by Crippen LogP contribution is 2.23. The third-order valence-electron chi connectivity index (χ3n) is 4.75. The number of aromatic nitrogens is 2. The Balaban J connectivity index is 1.71. The molecular weight excluding hydrogens is 340 g/mol. The number of nitrogens with one attached hydrogen (secondary N) is 2. The fourth-order valence-electron chi connectivity index (χ4n) is 3.46. The lowest BCUT2D eigenvalue weighted by molar-refractivity contribution is -0.116. The maximum atomic E-state index is 12.9. The average molecular weight is 364 g/mol. The van der Waals surface area contributed by atoms with Gasteiger partial charge in [-0.3, -0.25) is 14.7 Å². The molecule has 1 fully saturated rings. The Bertz CT molecular complexity index is 920. The van der Waals surface area contributed by atoms with E-state index >= 15 is 0 Å². The monoisotopic (exact) mass is 364 g/mol. The zero-order valence-corrected chi connectivity index (χ0v) is 15.9. The number of H-pyrrole nitrogens is 1. The number of carbonyl (C=O) groups is 2. The third-order valence-corrected chi connectivity index (χ3v) is 4.75. The lowest BCUT2D eigenvalue weighted by Crippen LogP contribution is -2.49. The molecule has 2 heterocycles. The molecule has 6 heteroatoms. The number of piperidine rings is 1. The van der Waals surface area contributed by atoms with Crippen LogP contribution in [0, 0.1) is 25.7 Å². The summed E-state index contributed by atoms with van der Waals surface area (Å²) in [5.41, 5.74) is 4.55. The van der Waals surface area contributed by atoms with Gasteiger partial charge in [0.05, 0.1) is 5.69 Å². The lowest BCUT2D eigenvalue weighted by atomic mass is 10.0. The van der Waals surface area contributed by atoms with Crippen LogP contribution in [0.5, 0.6) is 0 Å². The SMILES string of the molecule is CC#CC(=O)NC1CCCN(C(=O)c2cc(-c3ccc(C)cc3C)n[nH]2)C1. The van der Waals surface area contributed by atoms with Crippen LogP contribution in [0.2, 0.25) is 0 Å². The molecule has 0 radical (unpaired) electrons. The molecule has 0 bridgehead atoms. The maximum Gasteiger partial charge on any atom is 0.296 e. The molecule has 1 atom stereocenters. The fourth-order valence-corrected chi connectivity index (χ4v) is 3.46. The standard InChI is InChI=1S/C21H24N4O2/c1-4-6-20(26)22-16-7-5-10-25(13-16)21(27)19-12-18(23-24-19)17-9-8-14(2)11-15(17)3/h8-9,11-12,16H,5,7,10,13H2,1-3H3,(H,22,26)(H,23,24). The minimum Gasteiger partial charge on any atom is -0.341 e. The Morgan fingerprint density at radius 2 is 2.11 bits per heavy atom. The Hall–Kier alpha value is -3.07. The number of carbonyl (C=O) groups excluding carboxylic acids is 2. The number of likely N-dealkylation sites (tertiary alicyclic amines) is 1. The van der Waals surface area contributed by atoms with Crippen LogP contribution >= 0.6 is 0 Å². The number of rotatable bonds is 3. The molecule has 2 aromatic rings. The minimum atomic E-state index is -0.296. The number of aromatic amines is 1. The molecule has 1 saturated heterocycles. The summed E-state index contributed by atoms with van der Waals surface area (Å²) in [6, 6.07) is 7.89. The van der Waals surface area contributed by atoms with Crippen LogP contribution in [0.3, 0.4) is 0 Å². The van der Waals surface area contributed by atoms with Gasteiger partial charge in [-0.25, -0.2) is 0 Å². The van der Waals surface area contributed by atoms with Crippen molar-refractivity contribution in [2.24, 2.45) is 0 Å². The maximum absolute atomic E-state index is 12.9. The largest absolute Gasteiger partial charge is 0.341 e. The van der Waals surface area contributed by atoms with Crippen LogP contribution in [0.4, 0.5) is 0 Å². The highest BCUT2D eigenvalue weighted by atomic mass is 16.2.